The van der Waals surface area contributed by atoms with Crippen LogP contribution in [0.1, 0.15) is 17.4 Å². The summed E-state index contributed by atoms with van der Waals surface area (Å²) in [6.07, 6.45) is 2.94. The lowest BCUT2D eigenvalue weighted by molar-refractivity contribution is 0.0686. The average molecular weight is 207 g/mol. The third kappa shape index (κ3) is 1.58. The van der Waals surface area contributed by atoms with Gasteiger partial charge in [-0.15, -0.1) is 5.10 Å². The largest absolute Gasteiger partial charge is 0.476 e. The van der Waals surface area contributed by atoms with Crippen LogP contribution >= 0.6 is 0 Å². The fraction of sp³-hybridized carbons (Fsp3) is 0.250. The molecule has 0 saturated carbocycles. The summed E-state index contributed by atoms with van der Waals surface area (Å²) >= 11 is 0. The summed E-state index contributed by atoms with van der Waals surface area (Å²) in [5.41, 5.74) is -0.00338. The van der Waals surface area contributed by atoms with Crippen LogP contribution in [0.15, 0.2) is 18.5 Å². The van der Waals surface area contributed by atoms with Crippen LogP contribution in [0.3, 0.4) is 0 Å². The van der Waals surface area contributed by atoms with Gasteiger partial charge in [0.2, 0.25) is 0 Å². The molecule has 0 fully saturated rings. The van der Waals surface area contributed by atoms with E-state index in [4.69, 9.17) is 5.11 Å². The molecule has 78 valence electrons. The second kappa shape index (κ2) is 3.52. The van der Waals surface area contributed by atoms with Crippen molar-refractivity contribution in [1.82, 2.24) is 24.8 Å². The normalized spacial score (nSPS) is 10.5. The van der Waals surface area contributed by atoms with Crippen LogP contribution in [-0.4, -0.2) is 35.9 Å². The van der Waals surface area contributed by atoms with Gasteiger partial charge >= 0.3 is 5.97 Å². The Morgan fingerprint density at radius 2 is 2.40 bits per heavy atom. The van der Waals surface area contributed by atoms with Crippen LogP contribution in [-0.2, 0) is 6.54 Å². The maximum Gasteiger partial charge on any atom is 0.356 e. The molecule has 0 spiro atoms. The molecule has 0 aliphatic heterocycles. The number of aromatic carboxylic acids is 1. The van der Waals surface area contributed by atoms with Gasteiger partial charge in [-0.1, -0.05) is 5.21 Å². The van der Waals surface area contributed by atoms with E-state index in [9.17, 15) is 4.79 Å². The monoisotopic (exact) mass is 207 g/mol. The fourth-order valence-electron chi connectivity index (χ4n) is 1.19. The molecule has 0 aromatic carbocycles. The number of aromatic nitrogens is 5. The molecule has 0 aliphatic rings. The van der Waals surface area contributed by atoms with Crippen molar-refractivity contribution in [3.05, 3.63) is 24.2 Å². The zero-order valence-corrected chi connectivity index (χ0v) is 8.03. The van der Waals surface area contributed by atoms with Crippen molar-refractivity contribution >= 4 is 5.97 Å². The van der Waals surface area contributed by atoms with E-state index in [2.05, 4.69) is 15.4 Å². The molecule has 2 heterocycles. The first-order valence-corrected chi connectivity index (χ1v) is 4.40. The number of hydrogen-bond acceptors (Lipinski definition) is 4. The Morgan fingerprint density at radius 3 is 3.00 bits per heavy atom. The molecule has 7 nitrogen and oxygen atoms in total. The Balaban J connectivity index is 2.44. The Bertz CT molecular complexity index is 487. The summed E-state index contributed by atoms with van der Waals surface area (Å²) in [6.45, 7) is 2.66. The van der Waals surface area contributed by atoms with Gasteiger partial charge in [0, 0.05) is 18.8 Å². The smallest absolute Gasteiger partial charge is 0.356 e. The van der Waals surface area contributed by atoms with E-state index in [0.29, 0.717) is 5.82 Å². The van der Waals surface area contributed by atoms with Crippen molar-refractivity contribution in [1.29, 1.82) is 0 Å². The molecule has 0 bridgehead atoms. The lowest BCUT2D eigenvalue weighted by atomic mass is 10.4. The number of carboxylic acid groups (broad SMARTS) is 1. The topological polar surface area (TPSA) is 85.8 Å². The molecule has 0 saturated heterocycles. The minimum absolute atomic E-state index is 0.00338. The van der Waals surface area contributed by atoms with Crippen LogP contribution in [0.5, 0.6) is 0 Å². The summed E-state index contributed by atoms with van der Waals surface area (Å²) in [6, 6.07) is 1.69. The number of rotatable bonds is 3. The Morgan fingerprint density at radius 1 is 1.60 bits per heavy atom. The Hall–Kier alpha value is -2.18. The van der Waals surface area contributed by atoms with Gasteiger partial charge in [-0.3, -0.25) is 4.68 Å². The van der Waals surface area contributed by atoms with E-state index in [-0.39, 0.29) is 5.69 Å². The van der Waals surface area contributed by atoms with Gasteiger partial charge in [0.05, 0.1) is 6.20 Å². The molecule has 1 N–H and O–H groups in total. The van der Waals surface area contributed by atoms with E-state index in [1.54, 1.807) is 16.9 Å². The standard InChI is InChI=1S/C8H9N5O2/c1-2-12-4-3-7(10-12)13-6(8(14)15)5-9-11-13/h3-5H,2H2,1H3,(H,14,15). The Kier molecular flexibility index (Phi) is 2.20. The summed E-state index contributed by atoms with van der Waals surface area (Å²) in [5, 5.41) is 20.2. The van der Waals surface area contributed by atoms with Gasteiger partial charge < -0.3 is 5.11 Å². The SMILES string of the molecule is CCn1ccc(-n2nncc2C(=O)O)n1. The lowest BCUT2D eigenvalue weighted by Crippen LogP contribution is -2.09. The molecular weight excluding hydrogens is 198 g/mol. The summed E-state index contributed by atoms with van der Waals surface area (Å²) < 4.78 is 2.87. The predicted octanol–water partition coefficient (Wildman–Crippen LogP) is 0.182. The van der Waals surface area contributed by atoms with Crippen molar-refractivity contribution in [3.63, 3.8) is 0 Å². The molecule has 2 aromatic rings. The van der Waals surface area contributed by atoms with Crippen molar-refractivity contribution < 1.29 is 9.90 Å². The molecule has 7 heteroatoms. The van der Waals surface area contributed by atoms with E-state index in [0.717, 1.165) is 6.54 Å². The number of aryl methyl sites for hydroxylation is 1. The number of carbonyl (C=O) groups is 1. The van der Waals surface area contributed by atoms with Crippen LogP contribution < -0.4 is 0 Å². The average Bonchev–Trinajstić information content (AvgIpc) is 2.85. The highest BCUT2D eigenvalue weighted by atomic mass is 16.4. The first kappa shape index (κ1) is 9.38. The van der Waals surface area contributed by atoms with Gasteiger partial charge in [0.25, 0.3) is 0 Å². The number of carboxylic acids is 1. The fourth-order valence-corrected chi connectivity index (χ4v) is 1.19. The van der Waals surface area contributed by atoms with Gasteiger partial charge in [0.1, 0.15) is 0 Å². The first-order chi connectivity index (χ1) is 7.22. The maximum atomic E-state index is 10.8. The van der Waals surface area contributed by atoms with Gasteiger partial charge in [-0.05, 0) is 6.92 Å². The molecule has 0 amide bonds. The first-order valence-electron chi connectivity index (χ1n) is 4.40. The van der Waals surface area contributed by atoms with Crippen LogP contribution in [0, 0.1) is 0 Å². The Labute approximate surface area is 84.9 Å². The molecule has 0 aliphatic carbocycles. The zero-order chi connectivity index (χ0) is 10.8. The van der Waals surface area contributed by atoms with E-state index in [1.165, 1.54) is 10.9 Å². The molecule has 2 aromatic heterocycles. The summed E-state index contributed by atoms with van der Waals surface area (Å²) in [5.74, 6) is -0.627. The predicted molar refractivity (Wildman–Crippen MR) is 49.8 cm³/mol. The highest BCUT2D eigenvalue weighted by Gasteiger charge is 2.14. The second-order valence-electron chi connectivity index (χ2n) is 2.87. The number of nitrogens with zero attached hydrogens (tertiary/aromatic N) is 5. The van der Waals surface area contributed by atoms with Crippen molar-refractivity contribution in [2.24, 2.45) is 0 Å². The van der Waals surface area contributed by atoms with Crippen molar-refractivity contribution in [3.8, 4) is 5.82 Å². The maximum absolute atomic E-state index is 10.8. The van der Waals surface area contributed by atoms with Gasteiger partial charge in [-0.2, -0.15) is 9.78 Å². The molecule has 0 unspecified atom stereocenters. The van der Waals surface area contributed by atoms with Crippen molar-refractivity contribution in [2.75, 3.05) is 0 Å². The van der Waals surface area contributed by atoms with Gasteiger partial charge in [0.15, 0.2) is 11.5 Å². The van der Waals surface area contributed by atoms with Crippen LogP contribution in [0.2, 0.25) is 0 Å². The van der Waals surface area contributed by atoms with E-state index < -0.39 is 5.97 Å². The molecule has 15 heavy (non-hydrogen) atoms. The van der Waals surface area contributed by atoms with Crippen molar-refractivity contribution in [2.45, 2.75) is 13.5 Å². The molecule has 2 rings (SSSR count). The highest BCUT2D eigenvalue weighted by Crippen LogP contribution is 2.06. The summed E-state index contributed by atoms with van der Waals surface area (Å²) in [7, 11) is 0. The lowest BCUT2D eigenvalue weighted by Gasteiger charge is -1.97. The quantitative estimate of drug-likeness (QED) is 0.775. The second-order valence-corrected chi connectivity index (χ2v) is 2.87. The zero-order valence-electron chi connectivity index (χ0n) is 8.03. The van der Waals surface area contributed by atoms with E-state index in [1.807, 2.05) is 6.92 Å². The van der Waals surface area contributed by atoms with E-state index >= 15 is 0 Å². The number of hydrogen-bond donors (Lipinski definition) is 1. The third-order valence-electron chi connectivity index (χ3n) is 1.94. The molecular formula is C8H9N5O2. The minimum atomic E-state index is -1.08. The molecule has 0 radical (unpaired) electrons. The van der Waals surface area contributed by atoms with Crippen LogP contribution in [0.4, 0.5) is 0 Å². The van der Waals surface area contributed by atoms with Gasteiger partial charge in [-0.25, -0.2) is 4.79 Å². The highest BCUT2D eigenvalue weighted by molar-refractivity contribution is 5.85. The summed E-state index contributed by atoms with van der Waals surface area (Å²) in [4.78, 5) is 10.8. The van der Waals surface area contributed by atoms with Crippen LogP contribution in [0.25, 0.3) is 5.82 Å². The third-order valence-corrected chi connectivity index (χ3v) is 1.94. The minimum Gasteiger partial charge on any atom is -0.476 e. The molecule has 0 atom stereocenters.